The number of ether oxygens (including phenoxy) is 3. The lowest BCUT2D eigenvalue weighted by Crippen LogP contribution is -2.23. The van der Waals surface area contributed by atoms with Gasteiger partial charge in [-0.1, -0.05) is 30.3 Å². The molecule has 2 aromatic heterocycles. The number of pyridine rings is 1. The number of amides is 1. The van der Waals surface area contributed by atoms with Gasteiger partial charge in [-0.05, 0) is 43.7 Å². The van der Waals surface area contributed by atoms with Crippen molar-refractivity contribution in [1.82, 2.24) is 14.8 Å². The molecule has 174 valence electrons. The number of methoxy groups -OCH3 is 1. The smallest absolute Gasteiger partial charge is 0.343 e. The molecule has 1 amide bonds. The summed E-state index contributed by atoms with van der Waals surface area (Å²) in [6.07, 6.45) is 1.35. The first kappa shape index (κ1) is 22.8. The summed E-state index contributed by atoms with van der Waals surface area (Å²) in [4.78, 5) is 30.0. The minimum atomic E-state index is -0.604. The highest BCUT2D eigenvalue weighted by Gasteiger charge is 2.23. The van der Waals surface area contributed by atoms with Gasteiger partial charge >= 0.3 is 5.97 Å². The lowest BCUT2D eigenvalue weighted by Gasteiger charge is -2.13. The van der Waals surface area contributed by atoms with Gasteiger partial charge in [0.15, 0.2) is 29.7 Å². The van der Waals surface area contributed by atoms with E-state index in [0.29, 0.717) is 17.3 Å². The van der Waals surface area contributed by atoms with E-state index in [1.807, 2.05) is 37.3 Å². The van der Waals surface area contributed by atoms with E-state index in [-0.39, 0.29) is 24.6 Å². The Kier molecular flexibility index (Phi) is 6.72. The van der Waals surface area contributed by atoms with Gasteiger partial charge in [0.1, 0.15) is 5.56 Å². The maximum atomic E-state index is 12.8. The van der Waals surface area contributed by atoms with Gasteiger partial charge in [0.05, 0.1) is 25.4 Å². The average molecular weight is 460 g/mol. The molecule has 0 saturated carbocycles. The molecule has 0 atom stereocenters. The fourth-order valence-electron chi connectivity index (χ4n) is 3.49. The third kappa shape index (κ3) is 4.68. The quantitative estimate of drug-likeness (QED) is 0.397. The van der Waals surface area contributed by atoms with Gasteiger partial charge in [-0.25, -0.2) is 9.78 Å². The van der Waals surface area contributed by atoms with E-state index in [0.717, 1.165) is 16.5 Å². The molecule has 0 aliphatic heterocycles. The van der Waals surface area contributed by atoms with Gasteiger partial charge in [0.25, 0.3) is 5.91 Å². The Balaban J connectivity index is 1.66. The van der Waals surface area contributed by atoms with Gasteiger partial charge in [0, 0.05) is 5.39 Å². The summed E-state index contributed by atoms with van der Waals surface area (Å²) >= 11 is 0. The molecule has 0 saturated heterocycles. The number of nitrogens with zero attached hydrogens (tertiary/aromatic N) is 3. The van der Waals surface area contributed by atoms with Gasteiger partial charge in [-0.2, -0.15) is 9.78 Å². The van der Waals surface area contributed by atoms with E-state index in [9.17, 15) is 9.59 Å². The van der Waals surface area contributed by atoms with Crippen LogP contribution in [-0.2, 0) is 9.53 Å². The van der Waals surface area contributed by atoms with Crippen LogP contribution in [0.15, 0.2) is 60.8 Å². The molecule has 0 radical (unpaired) electrons. The van der Waals surface area contributed by atoms with Crippen LogP contribution in [0.4, 0.5) is 5.82 Å². The van der Waals surface area contributed by atoms with Gasteiger partial charge in [-0.3, -0.25) is 4.79 Å². The molecule has 0 aliphatic carbocycles. The van der Waals surface area contributed by atoms with Crippen molar-refractivity contribution < 1.29 is 23.8 Å². The number of aryl methyl sites for hydroxylation is 1. The normalized spacial score (nSPS) is 10.7. The molecule has 0 spiro atoms. The molecule has 9 nitrogen and oxygen atoms in total. The highest BCUT2D eigenvalue weighted by Crippen LogP contribution is 2.27. The fraction of sp³-hybridized carbons (Fsp3) is 0.200. The molecular formula is C25H24N4O5. The van der Waals surface area contributed by atoms with Crippen molar-refractivity contribution >= 4 is 28.6 Å². The van der Waals surface area contributed by atoms with E-state index >= 15 is 0 Å². The third-order valence-corrected chi connectivity index (χ3v) is 5.08. The number of anilines is 1. The second kappa shape index (κ2) is 10.0. The summed E-state index contributed by atoms with van der Waals surface area (Å²) in [6.45, 7) is 3.54. The largest absolute Gasteiger partial charge is 0.493 e. The first-order chi connectivity index (χ1) is 16.5. The Bertz CT molecular complexity index is 1350. The predicted molar refractivity (Wildman–Crippen MR) is 127 cm³/mol. The molecule has 34 heavy (non-hydrogen) atoms. The van der Waals surface area contributed by atoms with Crippen LogP contribution >= 0.6 is 0 Å². The topological polar surface area (TPSA) is 105 Å². The molecule has 1 N–H and O–H groups in total. The zero-order valence-electron chi connectivity index (χ0n) is 19.1. The molecule has 4 rings (SSSR count). The lowest BCUT2D eigenvalue weighted by atomic mass is 10.1. The van der Waals surface area contributed by atoms with E-state index in [2.05, 4.69) is 15.4 Å². The Labute approximate surface area is 196 Å². The summed E-state index contributed by atoms with van der Waals surface area (Å²) in [5, 5.41) is 8.04. The van der Waals surface area contributed by atoms with E-state index in [1.54, 1.807) is 31.2 Å². The van der Waals surface area contributed by atoms with Gasteiger partial charge in [-0.15, -0.1) is 0 Å². The Morgan fingerprint density at radius 1 is 1.06 bits per heavy atom. The van der Waals surface area contributed by atoms with Crippen LogP contribution in [0.25, 0.3) is 16.7 Å². The number of rotatable bonds is 8. The first-order valence-electron chi connectivity index (χ1n) is 10.7. The molecule has 0 bridgehead atoms. The number of aromatic nitrogens is 3. The minimum absolute atomic E-state index is 0.111. The number of benzene rings is 2. The van der Waals surface area contributed by atoms with Crippen molar-refractivity contribution in [2.75, 3.05) is 25.6 Å². The van der Waals surface area contributed by atoms with Crippen LogP contribution in [0.1, 0.15) is 22.8 Å². The zero-order valence-corrected chi connectivity index (χ0v) is 19.1. The van der Waals surface area contributed by atoms with Crippen molar-refractivity contribution in [3.8, 4) is 17.3 Å². The fourth-order valence-corrected chi connectivity index (χ4v) is 3.49. The first-order valence-corrected chi connectivity index (χ1v) is 10.7. The SMILES string of the molecule is CCOC(=O)c1cnn(-c2cc(C)c3ccccc3n2)c1NC(=O)COc1ccccc1OC. The highest BCUT2D eigenvalue weighted by atomic mass is 16.5. The summed E-state index contributed by atoms with van der Waals surface area (Å²) in [5.41, 5.74) is 1.85. The molecule has 2 aromatic carbocycles. The molecular weight excluding hydrogens is 436 g/mol. The van der Waals surface area contributed by atoms with E-state index in [4.69, 9.17) is 14.2 Å². The van der Waals surface area contributed by atoms with Crippen LogP contribution in [0, 0.1) is 6.92 Å². The molecule has 0 aliphatic rings. The molecule has 2 heterocycles. The van der Waals surface area contributed by atoms with Crippen molar-refractivity contribution in [3.05, 3.63) is 71.9 Å². The van der Waals surface area contributed by atoms with Crippen molar-refractivity contribution in [1.29, 1.82) is 0 Å². The van der Waals surface area contributed by atoms with Crippen molar-refractivity contribution in [2.45, 2.75) is 13.8 Å². The number of fused-ring (bicyclic) bond motifs is 1. The number of carbonyl (C=O) groups is 2. The van der Waals surface area contributed by atoms with Gasteiger partial charge in [0.2, 0.25) is 0 Å². The lowest BCUT2D eigenvalue weighted by molar-refractivity contribution is -0.118. The predicted octanol–water partition coefficient (Wildman–Crippen LogP) is 3.93. The summed E-state index contributed by atoms with van der Waals surface area (Å²) in [7, 11) is 1.52. The number of carbonyl (C=O) groups excluding carboxylic acids is 2. The number of nitrogens with one attached hydrogen (secondary N) is 1. The standard InChI is InChI=1S/C25H24N4O5/c1-4-33-25(31)18-14-26-29(22-13-16(2)17-9-5-6-10-19(17)27-22)24(18)28-23(30)15-34-21-12-8-7-11-20(21)32-3/h5-14H,4,15H2,1-3H3,(H,28,30). The minimum Gasteiger partial charge on any atom is -0.493 e. The van der Waals surface area contributed by atoms with E-state index in [1.165, 1.54) is 18.0 Å². The molecule has 0 fully saturated rings. The van der Waals surface area contributed by atoms with Gasteiger partial charge < -0.3 is 19.5 Å². The number of esters is 1. The van der Waals surface area contributed by atoms with Crippen LogP contribution in [0.2, 0.25) is 0 Å². The summed E-state index contributed by atoms with van der Waals surface area (Å²) in [6, 6.07) is 16.5. The summed E-state index contributed by atoms with van der Waals surface area (Å²) in [5.74, 6) is 0.430. The molecule has 4 aromatic rings. The second-order valence-electron chi connectivity index (χ2n) is 7.34. The Morgan fingerprint density at radius 3 is 2.56 bits per heavy atom. The molecule has 9 heteroatoms. The van der Waals surface area contributed by atoms with Crippen molar-refractivity contribution in [2.24, 2.45) is 0 Å². The van der Waals surface area contributed by atoms with Crippen LogP contribution in [0.5, 0.6) is 11.5 Å². The number of hydrogen-bond acceptors (Lipinski definition) is 7. The third-order valence-electron chi connectivity index (χ3n) is 5.08. The number of para-hydroxylation sites is 3. The Hall–Kier alpha value is -4.40. The van der Waals surface area contributed by atoms with Crippen LogP contribution in [-0.4, -0.2) is 47.0 Å². The average Bonchev–Trinajstić information content (AvgIpc) is 3.26. The van der Waals surface area contributed by atoms with E-state index < -0.39 is 11.9 Å². The number of hydrogen-bond donors (Lipinski definition) is 1. The van der Waals surface area contributed by atoms with Crippen LogP contribution in [0.3, 0.4) is 0 Å². The van der Waals surface area contributed by atoms with Crippen LogP contribution < -0.4 is 14.8 Å². The van der Waals surface area contributed by atoms with Crippen molar-refractivity contribution in [3.63, 3.8) is 0 Å². The zero-order chi connectivity index (χ0) is 24.1. The second-order valence-corrected chi connectivity index (χ2v) is 7.34. The highest BCUT2D eigenvalue weighted by molar-refractivity contribution is 6.01. The monoisotopic (exact) mass is 460 g/mol. The summed E-state index contributed by atoms with van der Waals surface area (Å²) < 4.78 is 17.4. The molecule has 0 unspecified atom stereocenters. The maximum Gasteiger partial charge on any atom is 0.343 e. The maximum absolute atomic E-state index is 12.8. The Morgan fingerprint density at radius 2 is 1.79 bits per heavy atom.